The summed E-state index contributed by atoms with van der Waals surface area (Å²) < 4.78 is 14.0. The highest BCUT2D eigenvalue weighted by molar-refractivity contribution is 6.33. The molecule has 2 rings (SSSR count). The van der Waals surface area contributed by atoms with Gasteiger partial charge in [0.2, 0.25) is 0 Å². The zero-order chi connectivity index (χ0) is 12.6. The Morgan fingerprint density at radius 2 is 1.88 bits per heavy atom. The molecule has 1 saturated carbocycles. The standard InChI is InChI=1S/C12H17ClFN3/c1-12(4-2-3-5-12)17-11-8(16)6-7(15)9(13)10(11)14/h6,17H,2-5,15-16H2,1H3. The van der Waals surface area contributed by atoms with Gasteiger partial charge in [-0.25, -0.2) is 4.39 Å². The minimum absolute atomic E-state index is 0.0664. The third kappa shape index (κ3) is 2.27. The average Bonchev–Trinajstić information content (AvgIpc) is 2.69. The predicted molar refractivity (Wildman–Crippen MR) is 70.7 cm³/mol. The van der Waals surface area contributed by atoms with E-state index in [1.807, 2.05) is 0 Å². The van der Waals surface area contributed by atoms with Crippen LogP contribution in [0, 0.1) is 5.82 Å². The second-order valence-electron chi connectivity index (χ2n) is 4.95. The SMILES string of the molecule is CC1(Nc2c(N)cc(N)c(Cl)c2F)CCCC1. The van der Waals surface area contributed by atoms with E-state index in [0.717, 1.165) is 25.7 Å². The van der Waals surface area contributed by atoms with E-state index >= 15 is 0 Å². The molecule has 3 nitrogen and oxygen atoms in total. The molecule has 0 atom stereocenters. The number of benzene rings is 1. The molecule has 0 amide bonds. The molecule has 5 heteroatoms. The number of hydrogen-bond donors (Lipinski definition) is 3. The summed E-state index contributed by atoms with van der Waals surface area (Å²) in [7, 11) is 0. The van der Waals surface area contributed by atoms with Crippen LogP contribution in [0.15, 0.2) is 6.07 Å². The Balaban J connectivity index is 2.35. The van der Waals surface area contributed by atoms with Crippen molar-refractivity contribution in [3.05, 3.63) is 16.9 Å². The maximum absolute atomic E-state index is 14.0. The van der Waals surface area contributed by atoms with Gasteiger partial charge in [0.05, 0.1) is 17.1 Å². The summed E-state index contributed by atoms with van der Waals surface area (Å²) >= 11 is 5.79. The normalized spacial score (nSPS) is 18.3. The molecule has 94 valence electrons. The number of nitrogens with one attached hydrogen (secondary N) is 1. The van der Waals surface area contributed by atoms with E-state index in [1.54, 1.807) is 0 Å². The molecule has 0 spiro atoms. The summed E-state index contributed by atoms with van der Waals surface area (Å²) in [4.78, 5) is 0. The highest BCUT2D eigenvalue weighted by Gasteiger charge is 2.30. The topological polar surface area (TPSA) is 64.1 Å². The van der Waals surface area contributed by atoms with E-state index in [0.29, 0.717) is 5.69 Å². The Morgan fingerprint density at radius 3 is 2.47 bits per heavy atom. The van der Waals surface area contributed by atoms with Crippen molar-refractivity contribution in [3.8, 4) is 0 Å². The molecule has 0 saturated heterocycles. The van der Waals surface area contributed by atoms with E-state index in [2.05, 4.69) is 12.2 Å². The lowest BCUT2D eigenvalue weighted by Gasteiger charge is -2.28. The molecule has 0 aromatic heterocycles. The van der Waals surface area contributed by atoms with Crippen LogP contribution in [0.3, 0.4) is 0 Å². The Hall–Kier alpha value is -1.16. The van der Waals surface area contributed by atoms with E-state index in [9.17, 15) is 4.39 Å². The number of hydrogen-bond acceptors (Lipinski definition) is 3. The first-order valence-electron chi connectivity index (χ1n) is 5.74. The molecule has 5 N–H and O–H groups in total. The molecule has 0 radical (unpaired) electrons. The van der Waals surface area contributed by atoms with Crippen molar-refractivity contribution in [2.24, 2.45) is 0 Å². The zero-order valence-electron chi connectivity index (χ0n) is 9.82. The van der Waals surface area contributed by atoms with Crippen LogP contribution in [0.1, 0.15) is 32.6 Å². The number of nitrogens with two attached hydrogens (primary N) is 2. The third-order valence-corrected chi connectivity index (χ3v) is 3.78. The molecule has 1 aliphatic rings. The molecule has 1 aliphatic carbocycles. The Kier molecular flexibility index (Phi) is 3.08. The monoisotopic (exact) mass is 257 g/mol. The highest BCUT2D eigenvalue weighted by Crippen LogP contribution is 2.39. The highest BCUT2D eigenvalue weighted by atomic mass is 35.5. The first kappa shape index (κ1) is 12.3. The van der Waals surface area contributed by atoms with Crippen molar-refractivity contribution in [2.45, 2.75) is 38.1 Å². The van der Waals surface area contributed by atoms with Gasteiger partial charge in [0.25, 0.3) is 0 Å². The molecule has 17 heavy (non-hydrogen) atoms. The van der Waals surface area contributed by atoms with Crippen LogP contribution in [-0.2, 0) is 0 Å². The van der Waals surface area contributed by atoms with Crippen molar-refractivity contribution in [3.63, 3.8) is 0 Å². The number of anilines is 3. The number of rotatable bonds is 2. The zero-order valence-corrected chi connectivity index (χ0v) is 10.6. The summed E-state index contributed by atoms with van der Waals surface area (Å²) in [6.07, 6.45) is 4.31. The summed E-state index contributed by atoms with van der Waals surface area (Å²) in [6, 6.07) is 1.49. The van der Waals surface area contributed by atoms with Crippen LogP contribution in [0.2, 0.25) is 5.02 Å². The Labute approximate surface area is 105 Å². The van der Waals surface area contributed by atoms with Gasteiger partial charge < -0.3 is 16.8 Å². The fraction of sp³-hybridized carbons (Fsp3) is 0.500. The van der Waals surface area contributed by atoms with Crippen LogP contribution in [-0.4, -0.2) is 5.54 Å². The minimum atomic E-state index is -0.558. The summed E-state index contributed by atoms with van der Waals surface area (Å²) in [5, 5.41) is 3.12. The largest absolute Gasteiger partial charge is 0.397 e. The van der Waals surface area contributed by atoms with Crippen LogP contribution < -0.4 is 16.8 Å². The van der Waals surface area contributed by atoms with Gasteiger partial charge in [-0.05, 0) is 25.8 Å². The second-order valence-corrected chi connectivity index (χ2v) is 5.33. The van der Waals surface area contributed by atoms with Gasteiger partial charge in [-0.15, -0.1) is 0 Å². The minimum Gasteiger partial charge on any atom is -0.397 e. The molecule has 0 aliphatic heterocycles. The lowest BCUT2D eigenvalue weighted by atomic mass is 10.00. The predicted octanol–water partition coefficient (Wildman–Crippen LogP) is 3.39. The van der Waals surface area contributed by atoms with Gasteiger partial charge in [-0.2, -0.15) is 0 Å². The molecule has 1 fully saturated rings. The van der Waals surface area contributed by atoms with Crippen molar-refractivity contribution in [2.75, 3.05) is 16.8 Å². The summed E-state index contributed by atoms with van der Waals surface area (Å²) in [5.41, 5.74) is 12.0. The van der Waals surface area contributed by atoms with E-state index in [4.69, 9.17) is 23.1 Å². The van der Waals surface area contributed by atoms with Crippen LogP contribution >= 0.6 is 11.6 Å². The second kappa shape index (κ2) is 4.26. The fourth-order valence-electron chi connectivity index (χ4n) is 2.38. The Morgan fingerprint density at radius 1 is 1.29 bits per heavy atom. The summed E-state index contributed by atoms with van der Waals surface area (Å²) in [5.74, 6) is -0.558. The maximum atomic E-state index is 14.0. The number of nitrogen functional groups attached to an aromatic ring is 2. The van der Waals surface area contributed by atoms with Crippen molar-refractivity contribution >= 4 is 28.7 Å². The van der Waals surface area contributed by atoms with Crippen LogP contribution in [0.5, 0.6) is 0 Å². The van der Waals surface area contributed by atoms with Gasteiger partial charge in [0, 0.05) is 5.54 Å². The van der Waals surface area contributed by atoms with Crippen molar-refractivity contribution < 1.29 is 4.39 Å². The van der Waals surface area contributed by atoms with E-state index in [-0.39, 0.29) is 21.9 Å². The quantitative estimate of drug-likeness (QED) is 0.712. The molecular weight excluding hydrogens is 241 g/mol. The van der Waals surface area contributed by atoms with Crippen LogP contribution in [0.25, 0.3) is 0 Å². The lowest BCUT2D eigenvalue weighted by molar-refractivity contribution is 0.525. The van der Waals surface area contributed by atoms with Gasteiger partial charge >= 0.3 is 0 Å². The van der Waals surface area contributed by atoms with Crippen molar-refractivity contribution in [1.29, 1.82) is 0 Å². The van der Waals surface area contributed by atoms with E-state index in [1.165, 1.54) is 6.07 Å². The fourth-order valence-corrected chi connectivity index (χ4v) is 2.52. The lowest BCUT2D eigenvalue weighted by Crippen LogP contribution is -2.31. The molecule has 1 aromatic rings. The van der Waals surface area contributed by atoms with Gasteiger partial charge in [0.15, 0.2) is 5.82 Å². The first-order chi connectivity index (χ1) is 7.93. The molecule has 0 unspecified atom stereocenters. The number of halogens is 2. The molecule has 0 bridgehead atoms. The molecular formula is C12H17ClFN3. The average molecular weight is 258 g/mol. The summed E-state index contributed by atoms with van der Waals surface area (Å²) in [6.45, 7) is 2.07. The van der Waals surface area contributed by atoms with E-state index < -0.39 is 5.82 Å². The molecule has 0 heterocycles. The van der Waals surface area contributed by atoms with Gasteiger partial charge in [-0.1, -0.05) is 24.4 Å². The van der Waals surface area contributed by atoms with Gasteiger partial charge in [-0.3, -0.25) is 0 Å². The molecule has 1 aromatic carbocycles. The Bertz CT molecular complexity index is 442. The van der Waals surface area contributed by atoms with Crippen LogP contribution in [0.4, 0.5) is 21.5 Å². The van der Waals surface area contributed by atoms with Crippen molar-refractivity contribution in [1.82, 2.24) is 0 Å². The van der Waals surface area contributed by atoms with Gasteiger partial charge in [0.1, 0.15) is 5.02 Å². The smallest absolute Gasteiger partial charge is 0.169 e. The third-order valence-electron chi connectivity index (χ3n) is 3.40. The maximum Gasteiger partial charge on any atom is 0.169 e. The first-order valence-corrected chi connectivity index (χ1v) is 6.12.